The molecular formula is C20H25F2N3O3. The summed E-state index contributed by atoms with van der Waals surface area (Å²) >= 11 is 0. The Kier molecular flexibility index (Phi) is 5.96. The lowest BCUT2D eigenvalue weighted by Gasteiger charge is -2.25. The van der Waals surface area contributed by atoms with Gasteiger partial charge in [0.15, 0.2) is 0 Å². The molecule has 152 valence electrons. The molecule has 2 aliphatic carbocycles. The monoisotopic (exact) mass is 393 g/mol. The van der Waals surface area contributed by atoms with E-state index in [2.05, 4.69) is 10.6 Å². The molecule has 3 amide bonds. The normalized spacial score (nSPS) is 20.5. The number of likely N-dealkylation sites (N-methyl/N-ethyl adjacent to an activating group) is 1. The van der Waals surface area contributed by atoms with Crippen molar-refractivity contribution in [2.24, 2.45) is 5.92 Å². The van der Waals surface area contributed by atoms with Crippen LogP contribution < -0.4 is 10.6 Å². The van der Waals surface area contributed by atoms with Crippen LogP contribution in [0, 0.1) is 5.92 Å². The van der Waals surface area contributed by atoms with E-state index in [0.29, 0.717) is 11.1 Å². The molecule has 1 unspecified atom stereocenters. The highest BCUT2D eigenvalue weighted by molar-refractivity contribution is 5.94. The van der Waals surface area contributed by atoms with Gasteiger partial charge in [-0.05, 0) is 37.0 Å². The van der Waals surface area contributed by atoms with E-state index in [1.54, 1.807) is 24.3 Å². The van der Waals surface area contributed by atoms with Gasteiger partial charge in [0, 0.05) is 44.0 Å². The van der Waals surface area contributed by atoms with Crippen LogP contribution in [0.2, 0.25) is 0 Å². The first kappa shape index (κ1) is 20.2. The van der Waals surface area contributed by atoms with Crippen LogP contribution >= 0.6 is 0 Å². The van der Waals surface area contributed by atoms with Crippen molar-refractivity contribution in [2.45, 2.75) is 50.6 Å². The van der Waals surface area contributed by atoms with Gasteiger partial charge in [0.2, 0.25) is 17.7 Å². The summed E-state index contributed by atoms with van der Waals surface area (Å²) in [6.45, 7) is -0.130. The van der Waals surface area contributed by atoms with Crippen LogP contribution in [-0.4, -0.2) is 48.2 Å². The Morgan fingerprint density at radius 2 is 1.96 bits per heavy atom. The molecule has 0 aromatic heterocycles. The Morgan fingerprint density at radius 1 is 1.21 bits per heavy atom. The van der Waals surface area contributed by atoms with Crippen LogP contribution in [0.1, 0.15) is 48.0 Å². The molecular weight excluding hydrogens is 368 g/mol. The molecule has 2 N–H and O–H groups in total. The smallest absolute Gasteiger partial charge is 0.251 e. The molecule has 0 radical (unpaired) electrons. The lowest BCUT2D eigenvalue weighted by atomic mass is 10.0. The molecule has 2 aliphatic rings. The van der Waals surface area contributed by atoms with Gasteiger partial charge in [-0.1, -0.05) is 12.1 Å². The zero-order valence-electron chi connectivity index (χ0n) is 15.8. The number of alkyl halides is 2. The van der Waals surface area contributed by atoms with Gasteiger partial charge < -0.3 is 15.5 Å². The van der Waals surface area contributed by atoms with Crippen molar-refractivity contribution in [2.75, 3.05) is 13.6 Å². The summed E-state index contributed by atoms with van der Waals surface area (Å²) in [7, 11) is 1.46. The highest BCUT2D eigenvalue weighted by Crippen LogP contribution is 2.39. The third kappa shape index (κ3) is 5.27. The van der Waals surface area contributed by atoms with E-state index in [-0.39, 0.29) is 43.8 Å². The molecule has 8 heteroatoms. The minimum Gasteiger partial charge on any atom is -0.358 e. The first-order valence-electron chi connectivity index (χ1n) is 9.54. The number of halogens is 2. The second-order valence-electron chi connectivity index (χ2n) is 7.61. The van der Waals surface area contributed by atoms with Crippen molar-refractivity contribution in [3.05, 3.63) is 35.4 Å². The Bertz CT molecular complexity index is 765. The standard InChI is InChI=1S/C20H25F2N3O3/c1-23-17(26)12-25(19(28)15-7-8-20(21,22)10-15)11-13-3-2-4-14(9-13)18(27)24-16-5-6-16/h2-4,9,15-16H,5-8,10-12H2,1H3,(H,23,26)(H,24,27). The lowest BCUT2D eigenvalue weighted by molar-refractivity contribution is -0.140. The lowest BCUT2D eigenvalue weighted by Crippen LogP contribution is -2.42. The van der Waals surface area contributed by atoms with E-state index in [0.717, 1.165) is 12.8 Å². The average molecular weight is 393 g/mol. The van der Waals surface area contributed by atoms with Crippen LogP contribution in [0.15, 0.2) is 24.3 Å². The molecule has 3 rings (SSSR count). The third-order valence-corrected chi connectivity index (χ3v) is 5.15. The minimum atomic E-state index is -2.83. The van der Waals surface area contributed by atoms with Crippen LogP contribution in [0.3, 0.4) is 0 Å². The number of benzene rings is 1. The van der Waals surface area contributed by atoms with E-state index >= 15 is 0 Å². The third-order valence-electron chi connectivity index (χ3n) is 5.15. The van der Waals surface area contributed by atoms with E-state index in [4.69, 9.17) is 0 Å². The maximum atomic E-state index is 13.5. The van der Waals surface area contributed by atoms with Gasteiger partial charge in [0.25, 0.3) is 5.91 Å². The van der Waals surface area contributed by atoms with Crippen molar-refractivity contribution < 1.29 is 23.2 Å². The Balaban J connectivity index is 1.72. The number of rotatable bonds is 7. The van der Waals surface area contributed by atoms with Gasteiger partial charge >= 0.3 is 0 Å². The molecule has 28 heavy (non-hydrogen) atoms. The van der Waals surface area contributed by atoms with Crippen LogP contribution in [0.4, 0.5) is 8.78 Å². The largest absolute Gasteiger partial charge is 0.358 e. The fourth-order valence-corrected chi connectivity index (χ4v) is 3.41. The van der Waals surface area contributed by atoms with Crippen LogP contribution in [0.5, 0.6) is 0 Å². The zero-order valence-corrected chi connectivity index (χ0v) is 15.8. The quantitative estimate of drug-likeness (QED) is 0.745. The average Bonchev–Trinajstić information content (AvgIpc) is 3.40. The van der Waals surface area contributed by atoms with Gasteiger partial charge in [0.1, 0.15) is 0 Å². The van der Waals surface area contributed by atoms with E-state index in [1.165, 1.54) is 11.9 Å². The number of nitrogens with zero attached hydrogens (tertiary/aromatic N) is 1. The number of amides is 3. The molecule has 0 bridgehead atoms. The Hall–Kier alpha value is -2.51. The van der Waals surface area contributed by atoms with Crippen molar-refractivity contribution in [1.82, 2.24) is 15.5 Å². The number of hydrogen-bond acceptors (Lipinski definition) is 3. The maximum absolute atomic E-state index is 13.5. The second kappa shape index (κ2) is 8.24. The summed E-state index contributed by atoms with van der Waals surface area (Å²) in [6.07, 6.45) is 1.27. The topological polar surface area (TPSA) is 78.5 Å². The highest BCUT2D eigenvalue weighted by Gasteiger charge is 2.43. The SMILES string of the molecule is CNC(=O)CN(Cc1cccc(C(=O)NC2CC2)c1)C(=O)C1CCC(F)(F)C1. The van der Waals surface area contributed by atoms with Crippen molar-refractivity contribution in [3.63, 3.8) is 0 Å². The van der Waals surface area contributed by atoms with E-state index in [1.807, 2.05) is 0 Å². The zero-order chi connectivity index (χ0) is 20.3. The highest BCUT2D eigenvalue weighted by atomic mass is 19.3. The first-order valence-corrected chi connectivity index (χ1v) is 9.54. The predicted octanol–water partition coefficient (Wildman–Crippen LogP) is 2.09. The Morgan fingerprint density at radius 3 is 2.57 bits per heavy atom. The van der Waals surface area contributed by atoms with E-state index < -0.39 is 24.2 Å². The number of carbonyl (C=O) groups is 3. The van der Waals surface area contributed by atoms with Crippen LogP contribution in [-0.2, 0) is 16.1 Å². The number of carbonyl (C=O) groups excluding carboxylic acids is 3. The van der Waals surface area contributed by atoms with Crippen molar-refractivity contribution in [1.29, 1.82) is 0 Å². The molecule has 1 aromatic rings. The molecule has 1 atom stereocenters. The van der Waals surface area contributed by atoms with Crippen molar-refractivity contribution in [3.8, 4) is 0 Å². The van der Waals surface area contributed by atoms with Gasteiger partial charge in [-0.25, -0.2) is 8.78 Å². The molecule has 6 nitrogen and oxygen atoms in total. The summed E-state index contributed by atoms with van der Waals surface area (Å²) < 4.78 is 27.1. The molecule has 2 fully saturated rings. The summed E-state index contributed by atoms with van der Waals surface area (Å²) in [5.74, 6) is -4.63. The molecule has 0 aliphatic heterocycles. The minimum absolute atomic E-state index is 0.0822. The van der Waals surface area contributed by atoms with Gasteiger partial charge in [-0.3, -0.25) is 14.4 Å². The molecule has 0 heterocycles. The summed E-state index contributed by atoms with van der Waals surface area (Å²) in [5.41, 5.74) is 1.15. The van der Waals surface area contributed by atoms with Gasteiger partial charge in [-0.15, -0.1) is 0 Å². The van der Waals surface area contributed by atoms with Gasteiger partial charge in [-0.2, -0.15) is 0 Å². The van der Waals surface area contributed by atoms with Gasteiger partial charge in [0.05, 0.1) is 6.54 Å². The summed E-state index contributed by atoms with van der Waals surface area (Å²) in [6, 6.07) is 7.05. The maximum Gasteiger partial charge on any atom is 0.251 e. The Labute approximate surface area is 162 Å². The second-order valence-corrected chi connectivity index (χ2v) is 7.61. The molecule has 0 saturated heterocycles. The number of nitrogens with one attached hydrogen (secondary N) is 2. The molecule has 0 spiro atoms. The summed E-state index contributed by atoms with van der Waals surface area (Å²) in [5, 5.41) is 5.36. The first-order chi connectivity index (χ1) is 13.3. The van der Waals surface area contributed by atoms with Crippen molar-refractivity contribution >= 4 is 17.7 Å². The fourth-order valence-electron chi connectivity index (χ4n) is 3.41. The van der Waals surface area contributed by atoms with E-state index in [9.17, 15) is 23.2 Å². The molecule has 2 saturated carbocycles. The van der Waals surface area contributed by atoms with Crippen LogP contribution in [0.25, 0.3) is 0 Å². The fraction of sp³-hybridized carbons (Fsp3) is 0.550. The summed E-state index contributed by atoms with van der Waals surface area (Å²) in [4.78, 5) is 38.2. The predicted molar refractivity (Wildman–Crippen MR) is 98.7 cm³/mol. The number of hydrogen-bond donors (Lipinski definition) is 2. The molecule has 1 aromatic carbocycles.